The van der Waals surface area contributed by atoms with Crippen molar-refractivity contribution < 1.29 is 9.47 Å². The Kier molecular flexibility index (Phi) is 4.05. The standard InChI is InChI=1S/C22H21N7O2/c23-21-26-20(15-11-24-28(13-15)12-14-5-2-1-3-6-14)29-17-10-19-18(30-7-4-8-31-19)9-16(17)25-22(29)27-21/h1-3,5-6,9-11,13,20H,4,7-8,12H2,(H3,23,25,26,27). The van der Waals surface area contributed by atoms with Crippen molar-refractivity contribution in [2.75, 3.05) is 18.5 Å². The maximum absolute atomic E-state index is 6.08. The average molecular weight is 415 g/mol. The fraction of sp³-hybridized carbons (Fsp3) is 0.227. The van der Waals surface area contributed by atoms with Crippen molar-refractivity contribution in [2.24, 2.45) is 10.7 Å². The van der Waals surface area contributed by atoms with Gasteiger partial charge in [0.25, 0.3) is 0 Å². The minimum atomic E-state index is -0.379. The van der Waals surface area contributed by atoms with Gasteiger partial charge in [-0.25, -0.2) is 9.98 Å². The highest BCUT2D eigenvalue weighted by molar-refractivity contribution is 5.95. The maximum atomic E-state index is 6.08. The quantitative estimate of drug-likeness (QED) is 0.533. The zero-order chi connectivity index (χ0) is 20.8. The fourth-order valence-electron chi connectivity index (χ4n) is 4.02. The first kappa shape index (κ1) is 17.8. The Morgan fingerprint density at radius 1 is 1.10 bits per heavy atom. The van der Waals surface area contributed by atoms with Gasteiger partial charge in [-0.2, -0.15) is 5.10 Å². The van der Waals surface area contributed by atoms with Crippen molar-refractivity contribution in [3.05, 3.63) is 66.0 Å². The number of nitrogens with zero attached hydrogens (tertiary/aromatic N) is 5. The minimum Gasteiger partial charge on any atom is -0.489 e. The monoisotopic (exact) mass is 415 g/mol. The van der Waals surface area contributed by atoms with Crippen molar-refractivity contribution in [1.82, 2.24) is 19.3 Å². The van der Waals surface area contributed by atoms with E-state index in [0.29, 0.717) is 43.2 Å². The number of anilines is 1. The van der Waals surface area contributed by atoms with Crippen LogP contribution in [-0.4, -0.2) is 38.5 Å². The number of ether oxygens (including phenoxy) is 2. The zero-order valence-electron chi connectivity index (χ0n) is 16.7. The van der Waals surface area contributed by atoms with Crippen LogP contribution in [-0.2, 0) is 6.54 Å². The van der Waals surface area contributed by atoms with Gasteiger partial charge >= 0.3 is 0 Å². The Balaban J connectivity index is 1.41. The molecule has 1 atom stereocenters. The van der Waals surface area contributed by atoms with E-state index >= 15 is 0 Å². The van der Waals surface area contributed by atoms with E-state index < -0.39 is 0 Å². The van der Waals surface area contributed by atoms with Crippen LogP contribution in [0.4, 0.5) is 5.95 Å². The minimum absolute atomic E-state index is 0.317. The van der Waals surface area contributed by atoms with Gasteiger partial charge in [0.1, 0.15) is 0 Å². The van der Waals surface area contributed by atoms with Gasteiger partial charge in [-0.15, -0.1) is 0 Å². The summed E-state index contributed by atoms with van der Waals surface area (Å²) in [5, 5.41) is 7.61. The molecule has 156 valence electrons. The van der Waals surface area contributed by atoms with Crippen molar-refractivity contribution in [3.63, 3.8) is 0 Å². The maximum Gasteiger partial charge on any atom is 0.212 e. The molecule has 4 aromatic rings. The van der Waals surface area contributed by atoms with Gasteiger partial charge in [-0.05, 0) is 5.56 Å². The molecule has 0 bridgehead atoms. The van der Waals surface area contributed by atoms with E-state index in [-0.39, 0.29) is 6.17 Å². The summed E-state index contributed by atoms with van der Waals surface area (Å²) in [4.78, 5) is 9.37. The molecule has 2 aliphatic rings. The number of aromatic nitrogens is 4. The van der Waals surface area contributed by atoms with E-state index in [9.17, 15) is 0 Å². The third-order valence-electron chi connectivity index (χ3n) is 5.44. The molecule has 0 aliphatic carbocycles. The van der Waals surface area contributed by atoms with E-state index in [1.54, 1.807) is 0 Å². The summed E-state index contributed by atoms with van der Waals surface area (Å²) >= 11 is 0. The lowest BCUT2D eigenvalue weighted by Crippen LogP contribution is -2.31. The molecule has 9 heteroatoms. The molecule has 0 saturated heterocycles. The van der Waals surface area contributed by atoms with Gasteiger partial charge in [0.05, 0.1) is 37.0 Å². The highest BCUT2D eigenvalue weighted by Gasteiger charge is 2.27. The molecule has 31 heavy (non-hydrogen) atoms. The molecule has 2 aromatic heterocycles. The normalized spacial score (nSPS) is 17.5. The first-order valence-corrected chi connectivity index (χ1v) is 10.2. The molecule has 3 N–H and O–H groups in total. The Morgan fingerprint density at radius 3 is 2.74 bits per heavy atom. The summed E-state index contributed by atoms with van der Waals surface area (Å²) in [6.45, 7) is 1.93. The number of imidazole rings is 1. The molecular weight excluding hydrogens is 394 g/mol. The van der Waals surface area contributed by atoms with Crippen molar-refractivity contribution >= 4 is 22.9 Å². The van der Waals surface area contributed by atoms with Gasteiger partial charge in [-0.1, -0.05) is 30.3 Å². The largest absolute Gasteiger partial charge is 0.489 e. The Labute approximate surface area is 178 Å². The van der Waals surface area contributed by atoms with Crippen molar-refractivity contribution in [3.8, 4) is 11.5 Å². The molecule has 0 fully saturated rings. The number of hydrogen-bond acceptors (Lipinski definition) is 7. The summed E-state index contributed by atoms with van der Waals surface area (Å²) in [5.74, 6) is 2.37. The van der Waals surface area contributed by atoms with E-state index in [2.05, 4.69) is 27.5 Å². The van der Waals surface area contributed by atoms with Crippen LogP contribution in [0.25, 0.3) is 11.0 Å². The average Bonchev–Trinajstić information content (AvgIpc) is 3.29. The van der Waals surface area contributed by atoms with Crippen LogP contribution in [0.5, 0.6) is 11.5 Å². The molecule has 0 amide bonds. The summed E-state index contributed by atoms with van der Waals surface area (Å²) < 4.78 is 15.6. The molecule has 9 nitrogen and oxygen atoms in total. The second kappa shape index (κ2) is 7.05. The van der Waals surface area contributed by atoms with Crippen LogP contribution in [0.2, 0.25) is 0 Å². The van der Waals surface area contributed by atoms with Gasteiger partial charge in [0.2, 0.25) is 5.95 Å². The lowest BCUT2D eigenvalue weighted by molar-refractivity contribution is 0.297. The third kappa shape index (κ3) is 3.14. The molecule has 0 radical (unpaired) electrons. The molecule has 0 spiro atoms. The Morgan fingerprint density at radius 2 is 1.90 bits per heavy atom. The van der Waals surface area contributed by atoms with Crippen molar-refractivity contribution in [1.29, 1.82) is 0 Å². The van der Waals surface area contributed by atoms with Gasteiger partial charge in [-0.3, -0.25) is 14.6 Å². The van der Waals surface area contributed by atoms with Crippen LogP contribution in [0.1, 0.15) is 23.7 Å². The van der Waals surface area contributed by atoms with Gasteiger partial charge in [0, 0.05) is 30.3 Å². The molecular formula is C22H21N7O2. The molecule has 0 saturated carbocycles. The second-order valence-electron chi connectivity index (χ2n) is 7.61. The molecule has 2 aromatic carbocycles. The number of rotatable bonds is 3. The summed E-state index contributed by atoms with van der Waals surface area (Å²) in [5.41, 5.74) is 9.87. The van der Waals surface area contributed by atoms with E-state index in [0.717, 1.165) is 23.0 Å². The van der Waals surface area contributed by atoms with Crippen LogP contribution < -0.4 is 20.5 Å². The molecule has 4 heterocycles. The van der Waals surface area contributed by atoms with E-state index in [1.165, 1.54) is 5.56 Å². The Bertz CT molecular complexity index is 1290. The summed E-state index contributed by atoms with van der Waals surface area (Å²) in [6, 6.07) is 14.1. The number of nitrogens with one attached hydrogen (secondary N) is 1. The fourth-order valence-corrected chi connectivity index (χ4v) is 4.02. The number of benzene rings is 2. The van der Waals surface area contributed by atoms with Crippen molar-refractivity contribution in [2.45, 2.75) is 19.1 Å². The second-order valence-corrected chi connectivity index (χ2v) is 7.61. The zero-order valence-corrected chi connectivity index (χ0v) is 16.7. The highest BCUT2D eigenvalue weighted by atomic mass is 16.5. The van der Waals surface area contributed by atoms with Crippen LogP contribution in [0.15, 0.2) is 59.9 Å². The smallest absolute Gasteiger partial charge is 0.212 e. The lowest BCUT2D eigenvalue weighted by Gasteiger charge is -2.22. The van der Waals surface area contributed by atoms with Crippen LogP contribution in [0.3, 0.4) is 0 Å². The third-order valence-corrected chi connectivity index (χ3v) is 5.44. The molecule has 2 aliphatic heterocycles. The summed E-state index contributed by atoms with van der Waals surface area (Å²) in [7, 11) is 0. The predicted molar refractivity (Wildman–Crippen MR) is 116 cm³/mol. The Hall–Kier alpha value is -4.01. The number of hydrogen-bond donors (Lipinski definition) is 2. The summed E-state index contributed by atoms with van der Waals surface area (Å²) in [6.07, 6.45) is 4.30. The topological polar surface area (TPSA) is 105 Å². The number of fused-ring (bicyclic) bond motifs is 4. The SMILES string of the molecule is NC1=NC(c2cnn(Cc3ccccc3)c2)n2c(nc3cc4c(cc32)OCCCO4)N1. The highest BCUT2D eigenvalue weighted by Crippen LogP contribution is 2.38. The van der Waals surface area contributed by atoms with E-state index in [1.807, 2.05) is 52.0 Å². The van der Waals surface area contributed by atoms with Gasteiger partial charge < -0.3 is 15.2 Å². The van der Waals surface area contributed by atoms with Crippen LogP contribution in [0, 0.1) is 0 Å². The first-order valence-electron chi connectivity index (χ1n) is 10.2. The van der Waals surface area contributed by atoms with Crippen LogP contribution >= 0.6 is 0 Å². The lowest BCUT2D eigenvalue weighted by atomic mass is 10.2. The number of nitrogens with two attached hydrogens (primary N) is 1. The first-order chi connectivity index (χ1) is 15.2. The van der Waals surface area contributed by atoms with Gasteiger partial charge in [0.15, 0.2) is 23.6 Å². The number of guanidine groups is 1. The molecule has 6 rings (SSSR count). The predicted octanol–water partition coefficient (Wildman–Crippen LogP) is 2.73. The number of aliphatic imine (C=N–C) groups is 1. The van der Waals surface area contributed by atoms with E-state index in [4.69, 9.17) is 20.2 Å². The molecule has 1 unspecified atom stereocenters.